The molecule has 140 valence electrons. The van der Waals surface area contributed by atoms with Gasteiger partial charge in [-0.1, -0.05) is 41.2 Å². The Morgan fingerprint density at radius 1 is 1.18 bits per heavy atom. The van der Waals surface area contributed by atoms with E-state index in [0.717, 1.165) is 17.2 Å². The average molecular weight is 394 g/mol. The van der Waals surface area contributed by atoms with Crippen molar-refractivity contribution >= 4 is 22.2 Å². The Morgan fingerprint density at radius 2 is 2.00 bits per heavy atom. The number of hydrogen-bond donors (Lipinski definition) is 1. The lowest BCUT2D eigenvalue weighted by molar-refractivity contribution is 0.0950. The van der Waals surface area contributed by atoms with Gasteiger partial charge in [-0.3, -0.25) is 9.59 Å². The summed E-state index contributed by atoms with van der Waals surface area (Å²) >= 11 is 1.30. The van der Waals surface area contributed by atoms with E-state index in [0.29, 0.717) is 15.7 Å². The summed E-state index contributed by atoms with van der Waals surface area (Å²) < 4.78 is 14.5. The molecule has 2 aromatic carbocycles. The summed E-state index contributed by atoms with van der Waals surface area (Å²) in [7, 11) is 0. The van der Waals surface area contributed by atoms with Crippen LogP contribution in [0.25, 0.3) is 15.5 Å². The summed E-state index contributed by atoms with van der Waals surface area (Å²) in [6, 6.07) is 14.6. The van der Waals surface area contributed by atoms with Crippen LogP contribution in [0.1, 0.15) is 21.6 Å². The molecule has 4 aromatic rings. The smallest absolute Gasteiger partial charge is 0.275 e. The normalized spacial score (nSPS) is 10.9. The highest BCUT2D eigenvalue weighted by molar-refractivity contribution is 7.19. The number of fused-ring (bicyclic) bond motifs is 1. The van der Waals surface area contributed by atoms with Crippen molar-refractivity contribution in [3.05, 3.63) is 87.6 Å². The molecule has 0 radical (unpaired) electrons. The van der Waals surface area contributed by atoms with E-state index in [1.165, 1.54) is 40.1 Å². The van der Waals surface area contributed by atoms with Gasteiger partial charge in [0.2, 0.25) is 4.96 Å². The molecule has 4 rings (SSSR count). The monoisotopic (exact) mass is 394 g/mol. The van der Waals surface area contributed by atoms with Crippen molar-refractivity contribution in [2.45, 2.75) is 13.5 Å². The first-order valence-electron chi connectivity index (χ1n) is 8.50. The Labute approximate surface area is 163 Å². The van der Waals surface area contributed by atoms with Crippen LogP contribution < -0.4 is 10.9 Å². The molecule has 1 amide bonds. The fourth-order valence-corrected chi connectivity index (χ4v) is 3.66. The number of aryl methyl sites for hydroxylation is 1. The quantitative estimate of drug-likeness (QED) is 0.577. The predicted octanol–water partition coefficient (Wildman–Crippen LogP) is 3.20. The Kier molecular flexibility index (Phi) is 4.70. The maximum atomic E-state index is 13.2. The second-order valence-corrected chi connectivity index (χ2v) is 7.21. The molecule has 28 heavy (non-hydrogen) atoms. The molecule has 2 aromatic heterocycles. The zero-order valence-corrected chi connectivity index (χ0v) is 15.7. The van der Waals surface area contributed by atoms with Crippen LogP contribution in [0.15, 0.2) is 59.4 Å². The van der Waals surface area contributed by atoms with E-state index in [1.807, 2.05) is 31.2 Å². The maximum absolute atomic E-state index is 13.2. The largest absolute Gasteiger partial charge is 0.346 e. The van der Waals surface area contributed by atoms with Crippen LogP contribution in [-0.2, 0) is 6.54 Å². The van der Waals surface area contributed by atoms with Gasteiger partial charge in [-0.15, -0.1) is 0 Å². The number of rotatable bonds is 4. The first-order chi connectivity index (χ1) is 13.5. The molecule has 2 heterocycles. The van der Waals surface area contributed by atoms with Crippen LogP contribution in [0.4, 0.5) is 4.39 Å². The summed E-state index contributed by atoms with van der Waals surface area (Å²) in [5, 5.41) is 7.69. The molecule has 0 saturated heterocycles. The van der Waals surface area contributed by atoms with Crippen LogP contribution >= 0.6 is 11.3 Å². The number of nitrogens with zero attached hydrogens (tertiary/aromatic N) is 3. The van der Waals surface area contributed by atoms with Gasteiger partial charge < -0.3 is 5.32 Å². The van der Waals surface area contributed by atoms with Gasteiger partial charge in [0.25, 0.3) is 11.5 Å². The number of nitrogens with one attached hydrogen (secondary N) is 1. The minimum atomic E-state index is -0.487. The van der Waals surface area contributed by atoms with Crippen LogP contribution in [0.5, 0.6) is 0 Å². The van der Waals surface area contributed by atoms with Crippen LogP contribution in [-0.4, -0.2) is 20.5 Å². The second kappa shape index (κ2) is 7.32. The van der Waals surface area contributed by atoms with E-state index in [9.17, 15) is 14.0 Å². The molecular formula is C20H15FN4O2S. The molecule has 0 aliphatic rings. The van der Waals surface area contributed by atoms with Gasteiger partial charge in [0.15, 0.2) is 0 Å². The zero-order chi connectivity index (χ0) is 19.7. The number of hydrogen-bond acceptors (Lipinski definition) is 5. The van der Waals surface area contributed by atoms with Gasteiger partial charge in [0.05, 0.1) is 12.2 Å². The van der Waals surface area contributed by atoms with Gasteiger partial charge in [-0.25, -0.2) is 9.37 Å². The number of carbonyl (C=O) groups excluding carboxylic acids is 1. The van der Waals surface area contributed by atoms with Gasteiger partial charge in [0, 0.05) is 17.2 Å². The third kappa shape index (κ3) is 3.67. The van der Waals surface area contributed by atoms with E-state index < -0.39 is 11.7 Å². The van der Waals surface area contributed by atoms with Crippen molar-refractivity contribution in [3.8, 4) is 10.6 Å². The molecule has 0 saturated carbocycles. The third-order valence-corrected chi connectivity index (χ3v) is 5.04. The first kappa shape index (κ1) is 18.0. The Hall–Kier alpha value is -3.39. The van der Waals surface area contributed by atoms with Gasteiger partial charge in [-0.2, -0.15) is 9.61 Å². The average Bonchev–Trinajstić information content (AvgIpc) is 3.11. The van der Waals surface area contributed by atoms with Crippen molar-refractivity contribution in [2.24, 2.45) is 0 Å². The zero-order valence-electron chi connectivity index (χ0n) is 14.8. The second-order valence-electron chi connectivity index (χ2n) is 6.25. The molecule has 8 heteroatoms. The fourth-order valence-electron chi connectivity index (χ4n) is 2.74. The van der Waals surface area contributed by atoms with Crippen molar-refractivity contribution in [1.82, 2.24) is 19.9 Å². The van der Waals surface area contributed by atoms with Crippen LogP contribution in [0, 0.1) is 12.7 Å². The molecule has 1 N–H and O–H groups in total. The van der Waals surface area contributed by atoms with Gasteiger partial charge in [-0.05, 0) is 31.2 Å². The molecule has 0 aliphatic carbocycles. The lowest BCUT2D eigenvalue weighted by atomic mass is 10.1. The SMILES string of the molecule is Cc1cccc(-c2nn3c(=O)cc(CNC(=O)c4cccc(F)c4)nc3s2)c1. The van der Waals surface area contributed by atoms with E-state index in [2.05, 4.69) is 15.4 Å². The van der Waals surface area contributed by atoms with Crippen molar-refractivity contribution < 1.29 is 9.18 Å². The Morgan fingerprint density at radius 3 is 2.79 bits per heavy atom. The van der Waals surface area contributed by atoms with E-state index in [4.69, 9.17) is 0 Å². The Bertz CT molecular complexity index is 1250. The number of amides is 1. The maximum Gasteiger partial charge on any atom is 0.275 e. The standard InChI is InChI=1S/C20H15FN4O2S/c1-12-4-2-6-14(8-12)19-24-25-17(26)10-16(23-20(25)28-19)11-22-18(27)13-5-3-7-15(21)9-13/h2-10H,11H2,1H3,(H,22,27). The molecule has 0 fully saturated rings. The highest BCUT2D eigenvalue weighted by Gasteiger charge is 2.12. The number of benzene rings is 2. The first-order valence-corrected chi connectivity index (χ1v) is 9.32. The predicted molar refractivity (Wildman–Crippen MR) is 105 cm³/mol. The van der Waals surface area contributed by atoms with Crippen molar-refractivity contribution in [2.75, 3.05) is 0 Å². The van der Waals surface area contributed by atoms with E-state index in [-0.39, 0.29) is 17.7 Å². The number of carbonyl (C=O) groups is 1. The fraction of sp³-hybridized carbons (Fsp3) is 0.100. The topological polar surface area (TPSA) is 76.4 Å². The van der Waals surface area contributed by atoms with E-state index >= 15 is 0 Å². The molecule has 0 bridgehead atoms. The summed E-state index contributed by atoms with van der Waals surface area (Å²) in [6.07, 6.45) is 0. The van der Waals surface area contributed by atoms with Crippen LogP contribution in [0.2, 0.25) is 0 Å². The molecule has 0 unspecified atom stereocenters. The number of aromatic nitrogens is 3. The Balaban J connectivity index is 1.59. The summed E-state index contributed by atoms with van der Waals surface area (Å²) in [6.45, 7) is 2.04. The third-order valence-electron chi connectivity index (χ3n) is 4.08. The lowest BCUT2D eigenvalue weighted by Crippen LogP contribution is -2.25. The molecule has 0 spiro atoms. The summed E-state index contributed by atoms with van der Waals surface area (Å²) in [5.74, 6) is -0.926. The number of halogens is 1. The molecule has 6 nitrogen and oxygen atoms in total. The minimum Gasteiger partial charge on any atom is -0.346 e. The van der Waals surface area contributed by atoms with Crippen molar-refractivity contribution in [1.29, 1.82) is 0 Å². The van der Waals surface area contributed by atoms with Crippen LogP contribution in [0.3, 0.4) is 0 Å². The lowest BCUT2D eigenvalue weighted by Gasteiger charge is -2.04. The van der Waals surface area contributed by atoms with Gasteiger partial charge in [0.1, 0.15) is 10.8 Å². The van der Waals surface area contributed by atoms with E-state index in [1.54, 1.807) is 0 Å². The van der Waals surface area contributed by atoms with Gasteiger partial charge >= 0.3 is 0 Å². The minimum absolute atomic E-state index is 0.0543. The highest BCUT2D eigenvalue weighted by atomic mass is 32.1. The summed E-state index contributed by atoms with van der Waals surface area (Å²) in [4.78, 5) is 29.4. The highest BCUT2D eigenvalue weighted by Crippen LogP contribution is 2.24. The summed E-state index contributed by atoms with van der Waals surface area (Å²) in [5.41, 5.74) is 2.30. The molecule has 0 atom stereocenters. The molecular weight excluding hydrogens is 379 g/mol. The molecule has 0 aliphatic heterocycles. The van der Waals surface area contributed by atoms with Crippen molar-refractivity contribution in [3.63, 3.8) is 0 Å².